The third-order valence-corrected chi connectivity index (χ3v) is 2.70. The number of anilines is 1. The average Bonchev–Trinajstić information content (AvgIpc) is 2.40. The summed E-state index contributed by atoms with van der Waals surface area (Å²) >= 11 is 3.34. The van der Waals surface area contributed by atoms with Crippen LogP contribution < -0.4 is 10.1 Å². The number of aromatic nitrogens is 2. The number of ether oxygens (including phenoxy) is 1. The van der Waals surface area contributed by atoms with Gasteiger partial charge in [0.1, 0.15) is 11.4 Å². The van der Waals surface area contributed by atoms with Gasteiger partial charge in [-0.2, -0.15) is 0 Å². The molecule has 0 saturated carbocycles. The summed E-state index contributed by atoms with van der Waals surface area (Å²) in [5.41, 5.74) is 0.821. The Bertz CT molecular complexity index is 561. The van der Waals surface area contributed by atoms with Crippen LogP contribution in [0.4, 0.5) is 5.69 Å². The number of rotatable bonds is 3. The van der Waals surface area contributed by atoms with Gasteiger partial charge in [0.2, 0.25) is 0 Å². The molecule has 1 aromatic heterocycles. The van der Waals surface area contributed by atoms with E-state index in [1.54, 1.807) is 19.2 Å². The van der Waals surface area contributed by atoms with Crippen LogP contribution in [0.2, 0.25) is 0 Å². The van der Waals surface area contributed by atoms with Crippen molar-refractivity contribution in [2.45, 2.75) is 0 Å². The molecule has 18 heavy (non-hydrogen) atoms. The molecule has 0 radical (unpaired) electrons. The molecule has 1 N–H and O–H groups in total. The molecule has 0 atom stereocenters. The second kappa shape index (κ2) is 5.59. The van der Waals surface area contributed by atoms with Crippen molar-refractivity contribution < 1.29 is 9.53 Å². The molecule has 0 bridgehead atoms. The first-order valence-corrected chi connectivity index (χ1v) is 5.91. The zero-order valence-corrected chi connectivity index (χ0v) is 11.1. The number of hydrogen-bond donors (Lipinski definition) is 1. The lowest BCUT2D eigenvalue weighted by Gasteiger charge is -2.09. The SMILES string of the molecule is COc1ccc(Br)cc1NC(=O)c1cnccn1. The van der Waals surface area contributed by atoms with Crippen LogP contribution in [0.1, 0.15) is 10.5 Å². The molecule has 1 heterocycles. The van der Waals surface area contributed by atoms with Gasteiger partial charge in [-0.15, -0.1) is 0 Å². The number of amides is 1. The summed E-state index contributed by atoms with van der Waals surface area (Å²) in [5.74, 6) is 0.245. The molecular weight excluding hydrogens is 298 g/mol. The fourth-order valence-corrected chi connectivity index (χ4v) is 1.74. The number of carbonyl (C=O) groups excluding carboxylic acids is 1. The van der Waals surface area contributed by atoms with Gasteiger partial charge in [-0.1, -0.05) is 15.9 Å². The highest BCUT2D eigenvalue weighted by molar-refractivity contribution is 9.10. The van der Waals surface area contributed by atoms with E-state index in [-0.39, 0.29) is 11.6 Å². The van der Waals surface area contributed by atoms with E-state index >= 15 is 0 Å². The van der Waals surface area contributed by atoms with E-state index in [1.165, 1.54) is 18.6 Å². The smallest absolute Gasteiger partial charge is 0.275 e. The highest BCUT2D eigenvalue weighted by Crippen LogP contribution is 2.28. The van der Waals surface area contributed by atoms with Crippen molar-refractivity contribution in [1.29, 1.82) is 0 Å². The summed E-state index contributed by atoms with van der Waals surface area (Å²) in [4.78, 5) is 19.7. The number of carbonyl (C=O) groups is 1. The number of nitrogens with one attached hydrogen (secondary N) is 1. The van der Waals surface area contributed by atoms with E-state index < -0.39 is 0 Å². The standard InChI is InChI=1S/C12H10BrN3O2/c1-18-11-3-2-8(13)6-9(11)16-12(17)10-7-14-4-5-15-10/h2-7H,1H3,(H,16,17). The van der Waals surface area contributed by atoms with Gasteiger partial charge in [0.25, 0.3) is 5.91 Å². The molecule has 0 aliphatic carbocycles. The average molecular weight is 308 g/mol. The topological polar surface area (TPSA) is 64.1 Å². The monoisotopic (exact) mass is 307 g/mol. The Kier molecular flexibility index (Phi) is 3.88. The van der Waals surface area contributed by atoms with Crippen molar-refractivity contribution in [1.82, 2.24) is 9.97 Å². The molecule has 1 aromatic carbocycles. The summed E-state index contributed by atoms with van der Waals surface area (Å²) in [7, 11) is 1.54. The lowest BCUT2D eigenvalue weighted by Crippen LogP contribution is -2.14. The molecule has 0 fully saturated rings. The highest BCUT2D eigenvalue weighted by Gasteiger charge is 2.11. The molecule has 5 nitrogen and oxygen atoms in total. The van der Waals surface area contributed by atoms with Crippen LogP contribution >= 0.6 is 15.9 Å². The molecule has 1 amide bonds. The molecule has 0 spiro atoms. The predicted octanol–water partition coefficient (Wildman–Crippen LogP) is 2.50. The van der Waals surface area contributed by atoms with Crippen LogP contribution in [0, 0.1) is 0 Å². The van der Waals surface area contributed by atoms with E-state index in [2.05, 4.69) is 31.2 Å². The Morgan fingerprint density at radius 1 is 1.39 bits per heavy atom. The van der Waals surface area contributed by atoms with E-state index in [4.69, 9.17) is 4.74 Å². The van der Waals surface area contributed by atoms with Gasteiger partial charge in [0.05, 0.1) is 19.0 Å². The zero-order chi connectivity index (χ0) is 13.0. The molecule has 2 aromatic rings. The van der Waals surface area contributed by atoms with Crippen LogP contribution in [0.25, 0.3) is 0 Å². The largest absolute Gasteiger partial charge is 0.495 e. The van der Waals surface area contributed by atoms with Gasteiger partial charge in [0.15, 0.2) is 0 Å². The first-order chi connectivity index (χ1) is 8.70. The maximum atomic E-state index is 11.9. The molecule has 92 valence electrons. The van der Waals surface area contributed by atoms with Gasteiger partial charge in [-0.05, 0) is 18.2 Å². The number of hydrogen-bond acceptors (Lipinski definition) is 4. The Morgan fingerprint density at radius 2 is 2.22 bits per heavy atom. The Morgan fingerprint density at radius 3 is 2.89 bits per heavy atom. The van der Waals surface area contributed by atoms with Crippen molar-refractivity contribution >= 4 is 27.5 Å². The van der Waals surface area contributed by atoms with E-state index in [9.17, 15) is 4.79 Å². The first-order valence-electron chi connectivity index (χ1n) is 5.11. The maximum absolute atomic E-state index is 11.9. The van der Waals surface area contributed by atoms with Crippen LogP contribution in [-0.2, 0) is 0 Å². The molecule has 0 saturated heterocycles. The molecule has 6 heteroatoms. The maximum Gasteiger partial charge on any atom is 0.275 e. The second-order valence-electron chi connectivity index (χ2n) is 3.39. The normalized spacial score (nSPS) is 9.89. The summed E-state index contributed by atoms with van der Waals surface area (Å²) in [5, 5.41) is 2.72. The van der Waals surface area contributed by atoms with Crippen molar-refractivity contribution in [2.24, 2.45) is 0 Å². The van der Waals surface area contributed by atoms with Crippen molar-refractivity contribution in [3.05, 3.63) is 47.0 Å². The molecule has 0 unspecified atom stereocenters. The van der Waals surface area contributed by atoms with Gasteiger partial charge >= 0.3 is 0 Å². The molecule has 2 rings (SSSR count). The summed E-state index contributed by atoms with van der Waals surface area (Å²) in [6, 6.07) is 5.35. The fourth-order valence-electron chi connectivity index (χ4n) is 1.38. The Labute approximate surface area is 112 Å². The summed E-state index contributed by atoms with van der Waals surface area (Å²) in [6.07, 6.45) is 4.38. The number of benzene rings is 1. The fraction of sp³-hybridized carbons (Fsp3) is 0.0833. The lowest BCUT2D eigenvalue weighted by atomic mass is 10.3. The van der Waals surface area contributed by atoms with Gasteiger partial charge in [0, 0.05) is 16.9 Å². The number of halogens is 1. The first kappa shape index (κ1) is 12.5. The second-order valence-corrected chi connectivity index (χ2v) is 4.31. The lowest BCUT2D eigenvalue weighted by molar-refractivity contribution is 0.102. The number of methoxy groups -OCH3 is 1. The van der Waals surface area contributed by atoms with E-state index in [0.717, 1.165) is 4.47 Å². The third kappa shape index (κ3) is 2.84. The van der Waals surface area contributed by atoms with Crippen LogP contribution in [0.15, 0.2) is 41.3 Å². The van der Waals surface area contributed by atoms with E-state index in [0.29, 0.717) is 11.4 Å². The summed E-state index contributed by atoms with van der Waals surface area (Å²) < 4.78 is 6.01. The van der Waals surface area contributed by atoms with Crippen LogP contribution in [-0.4, -0.2) is 23.0 Å². The van der Waals surface area contributed by atoms with Crippen molar-refractivity contribution in [3.63, 3.8) is 0 Å². The van der Waals surface area contributed by atoms with Crippen LogP contribution in [0.5, 0.6) is 5.75 Å². The van der Waals surface area contributed by atoms with E-state index in [1.807, 2.05) is 6.07 Å². The van der Waals surface area contributed by atoms with Crippen molar-refractivity contribution in [2.75, 3.05) is 12.4 Å². The van der Waals surface area contributed by atoms with Gasteiger partial charge in [-0.3, -0.25) is 9.78 Å². The minimum absolute atomic E-state index is 0.250. The molecule has 0 aliphatic rings. The van der Waals surface area contributed by atoms with Gasteiger partial charge in [-0.25, -0.2) is 4.98 Å². The summed E-state index contributed by atoms with van der Waals surface area (Å²) in [6.45, 7) is 0. The predicted molar refractivity (Wildman–Crippen MR) is 70.7 cm³/mol. The Balaban J connectivity index is 2.24. The zero-order valence-electron chi connectivity index (χ0n) is 9.55. The minimum Gasteiger partial charge on any atom is -0.495 e. The highest BCUT2D eigenvalue weighted by atomic mass is 79.9. The van der Waals surface area contributed by atoms with Crippen LogP contribution in [0.3, 0.4) is 0 Å². The molecule has 0 aliphatic heterocycles. The third-order valence-electron chi connectivity index (χ3n) is 2.21. The quantitative estimate of drug-likeness (QED) is 0.946. The van der Waals surface area contributed by atoms with Gasteiger partial charge < -0.3 is 10.1 Å². The minimum atomic E-state index is -0.334. The Hall–Kier alpha value is -1.95. The number of nitrogens with zero attached hydrogens (tertiary/aromatic N) is 2. The molecular formula is C12H10BrN3O2. The van der Waals surface area contributed by atoms with Crippen molar-refractivity contribution in [3.8, 4) is 5.75 Å².